The SMILES string of the molecule is CC1(C(=O)N2CCOC[C@@H](Cc3cccc4ccncc34)C2)CCN(c2ncccn2)CC1. The molecule has 1 aromatic carbocycles. The van der Waals surface area contributed by atoms with Gasteiger partial charge < -0.3 is 14.5 Å². The van der Waals surface area contributed by atoms with E-state index < -0.39 is 0 Å². The van der Waals surface area contributed by atoms with Gasteiger partial charge in [0.1, 0.15) is 0 Å². The zero-order valence-corrected chi connectivity index (χ0v) is 19.2. The third-order valence-corrected chi connectivity index (χ3v) is 7.13. The van der Waals surface area contributed by atoms with Crippen LogP contribution in [0.25, 0.3) is 10.8 Å². The van der Waals surface area contributed by atoms with E-state index in [1.807, 2.05) is 24.5 Å². The molecule has 0 aliphatic carbocycles. The van der Waals surface area contributed by atoms with Crippen molar-refractivity contribution in [2.45, 2.75) is 26.2 Å². The van der Waals surface area contributed by atoms with E-state index in [2.05, 4.69) is 49.9 Å². The molecule has 5 rings (SSSR count). The van der Waals surface area contributed by atoms with Gasteiger partial charge in [-0.05, 0) is 42.3 Å². The molecule has 7 nitrogen and oxygen atoms in total. The molecule has 7 heteroatoms. The summed E-state index contributed by atoms with van der Waals surface area (Å²) < 4.78 is 5.93. The van der Waals surface area contributed by atoms with Gasteiger partial charge in [0.15, 0.2) is 0 Å². The molecule has 0 N–H and O–H groups in total. The van der Waals surface area contributed by atoms with Crippen LogP contribution < -0.4 is 4.90 Å². The van der Waals surface area contributed by atoms with Crippen molar-refractivity contribution in [1.29, 1.82) is 0 Å². The number of benzene rings is 1. The van der Waals surface area contributed by atoms with Gasteiger partial charge in [-0.15, -0.1) is 0 Å². The van der Waals surface area contributed by atoms with E-state index in [4.69, 9.17) is 4.74 Å². The van der Waals surface area contributed by atoms with E-state index in [-0.39, 0.29) is 17.2 Å². The lowest BCUT2D eigenvalue weighted by Gasteiger charge is -2.41. The second-order valence-electron chi connectivity index (χ2n) is 9.51. The molecule has 2 aromatic heterocycles. The van der Waals surface area contributed by atoms with Crippen molar-refractivity contribution in [3.63, 3.8) is 0 Å². The van der Waals surface area contributed by atoms with Gasteiger partial charge in [0.2, 0.25) is 11.9 Å². The number of piperidine rings is 1. The van der Waals surface area contributed by atoms with Crippen molar-refractivity contribution in [2.75, 3.05) is 44.3 Å². The van der Waals surface area contributed by atoms with Gasteiger partial charge in [-0.25, -0.2) is 9.97 Å². The highest BCUT2D eigenvalue weighted by atomic mass is 16.5. The second-order valence-corrected chi connectivity index (χ2v) is 9.51. The molecule has 2 aliphatic heterocycles. The topological polar surface area (TPSA) is 71.5 Å². The van der Waals surface area contributed by atoms with Crippen LogP contribution in [0.1, 0.15) is 25.3 Å². The Hall–Kier alpha value is -3.06. The first-order valence-electron chi connectivity index (χ1n) is 11.8. The summed E-state index contributed by atoms with van der Waals surface area (Å²) in [7, 11) is 0. The summed E-state index contributed by atoms with van der Waals surface area (Å²) >= 11 is 0. The Morgan fingerprint density at radius 2 is 1.91 bits per heavy atom. The van der Waals surface area contributed by atoms with Gasteiger partial charge in [0, 0.05) is 67.7 Å². The summed E-state index contributed by atoms with van der Waals surface area (Å²) in [6.07, 6.45) is 9.80. The van der Waals surface area contributed by atoms with Crippen LogP contribution in [-0.2, 0) is 16.0 Å². The highest BCUT2D eigenvalue weighted by Crippen LogP contribution is 2.35. The lowest BCUT2D eigenvalue weighted by atomic mass is 9.78. The minimum absolute atomic E-state index is 0.256. The predicted molar refractivity (Wildman–Crippen MR) is 128 cm³/mol. The van der Waals surface area contributed by atoms with Crippen LogP contribution in [0.2, 0.25) is 0 Å². The molecule has 0 bridgehead atoms. The van der Waals surface area contributed by atoms with E-state index in [0.717, 1.165) is 44.8 Å². The molecule has 0 spiro atoms. The number of amides is 1. The van der Waals surface area contributed by atoms with Crippen molar-refractivity contribution in [2.24, 2.45) is 11.3 Å². The van der Waals surface area contributed by atoms with E-state index in [1.165, 1.54) is 16.3 Å². The molecule has 2 fully saturated rings. The zero-order chi connectivity index (χ0) is 22.7. The minimum atomic E-state index is -0.358. The summed E-state index contributed by atoms with van der Waals surface area (Å²) in [5, 5.41) is 2.39. The van der Waals surface area contributed by atoms with Gasteiger partial charge >= 0.3 is 0 Å². The number of hydrogen-bond acceptors (Lipinski definition) is 6. The molecule has 2 saturated heterocycles. The number of fused-ring (bicyclic) bond motifs is 1. The Morgan fingerprint density at radius 3 is 2.73 bits per heavy atom. The number of rotatable bonds is 4. The molecular weight excluding hydrogens is 414 g/mol. The standard InChI is InChI=1S/C26H31N5O2/c1-26(7-12-30(13-8-26)25-28-9-3-10-29-25)24(32)31-14-15-33-19-20(18-31)16-22-5-2-4-21-6-11-27-17-23(21)22/h2-6,9-11,17,20H,7-8,12-16,18-19H2,1H3/t20-/m0/s1. The summed E-state index contributed by atoms with van der Waals surface area (Å²) in [5.41, 5.74) is 0.912. The predicted octanol–water partition coefficient (Wildman–Crippen LogP) is 3.35. The van der Waals surface area contributed by atoms with Crippen molar-refractivity contribution in [1.82, 2.24) is 19.9 Å². The van der Waals surface area contributed by atoms with Crippen molar-refractivity contribution < 1.29 is 9.53 Å². The fraction of sp³-hybridized carbons (Fsp3) is 0.462. The molecule has 3 aromatic rings. The largest absolute Gasteiger partial charge is 0.379 e. The normalized spacial score (nSPS) is 21.1. The number of hydrogen-bond donors (Lipinski definition) is 0. The van der Waals surface area contributed by atoms with Crippen LogP contribution in [0.15, 0.2) is 55.1 Å². The maximum atomic E-state index is 13.7. The minimum Gasteiger partial charge on any atom is -0.379 e. The van der Waals surface area contributed by atoms with Gasteiger partial charge in [-0.1, -0.05) is 25.1 Å². The molecule has 172 valence electrons. The van der Waals surface area contributed by atoms with Crippen LogP contribution in [0.4, 0.5) is 5.95 Å². The molecule has 2 aliphatic rings. The highest BCUT2D eigenvalue weighted by Gasteiger charge is 2.40. The fourth-order valence-electron chi connectivity index (χ4n) is 5.10. The Kier molecular flexibility index (Phi) is 6.22. The number of aromatic nitrogens is 3. The monoisotopic (exact) mass is 445 g/mol. The number of nitrogens with zero attached hydrogens (tertiary/aromatic N) is 5. The van der Waals surface area contributed by atoms with Crippen molar-refractivity contribution >= 4 is 22.6 Å². The second kappa shape index (κ2) is 9.43. The van der Waals surface area contributed by atoms with Crippen molar-refractivity contribution in [3.05, 3.63) is 60.7 Å². The van der Waals surface area contributed by atoms with Gasteiger partial charge in [-0.3, -0.25) is 9.78 Å². The van der Waals surface area contributed by atoms with E-state index >= 15 is 0 Å². The summed E-state index contributed by atoms with van der Waals surface area (Å²) in [6.45, 7) is 6.38. The van der Waals surface area contributed by atoms with Crippen molar-refractivity contribution in [3.8, 4) is 0 Å². The maximum Gasteiger partial charge on any atom is 0.228 e. The number of carbonyl (C=O) groups is 1. The van der Waals surface area contributed by atoms with E-state index in [1.54, 1.807) is 12.4 Å². The lowest BCUT2D eigenvalue weighted by molar-refractivity contribution is -0.142. The Labute approximate surface area is 194 Å². The number of anilines is 1. The molecular formula is C26H31N5O2. The summed E-state index contributed by atoms with van der Waals surface area (Å²) in [5.74, 6) is 1.27. The number of pyridine rings is 1. The smallest absolute Gasteiger partial charge is 0.228 e. The first-order valence-corrected chi connectivity index (χ1v) is 11.8. The van der Waals surface area contributed by atoms with Gasteiger partial charge in [0.05, 0.1) is 13.2 Å². The zero-order valence-electron chi connectivity index (χ0n) is 19.2. The summed E-state index contributed by atoms with van der Waals surface area (Å²) in [6, 6.07) is 10.3. The van der Waals surface area contributed by atoms with E-state index in [9.17, 15) is 4.79 Å². The average Bonchev–Trinajstić information content (AvgIpc) is 3.10. The van der Waals surface area contributed by atoms with Gasteiger partial charge in [0.25, 0.3) is 0 Å². The molecule has 0 unspecified atom stereocenters. The quantitative estimate of drug-likeness (QED) is 0.613. The van der Waals surface area contributed by atoms with Crippen LogP contribution in [0.5, 0.6) is 0 Å². The average molecular weight is 446 g/mol. The maximum absolute atomic E-state index is 13.7. The summed E-state index contributed by atoms with van der Waals surface area (Å²) in [4.78, 5) is 31.0. The van der Waals surface area contributed by atoms with Crippen LogP contribution >= 0.6 is 0 Å². The molecule has 1 amide bonds. The van der Waals surface area contributed by atoms with Crippen LogP contribution in [0.3, 0.4) is 0 Å². The molecule has 0 saturated carbocycles. The highest BCUT2D eigenvalue weighted by molar-refractivity contribution is 5.85. The first-order chi connectivity index (χ1) is 16.1. The van der Waals surface area contributed by atoms with Gasteiger partial charge in [-0.2, -0.15) is 0 Å². The molecule has 1 atom stereocenters. The Morgan fingerprint density at radius 1 is 1.09 bits per heavy atom. The molecule has 0 radical (unpaired) electrons. The fourth-order valence-corrected chi connectivity index (χ4v) is 5.10. The molecule has 4 heterocycles. The Balaban J connectivity index is 1.26. The number of carbonyl (C=O) groups excluding carboxylic acids is 1. The Bertz CT molecular complexity index is 1090. The van der Waals surface area contributed by atoms with E-state index in [0.29, 0.717) is 19.8 Å². The third kappa shape index (κ3) is 4.69. The number of ether oxygens (including phenoxy) is 1. The van der Waals surface area contributed by atoms with Crippen LogP contribution in [-0.4, -0.2) is 65.2 Å². The lowest BCUT2D eigenvalue weighted by Crippen LogP contribution is -2.50. The third-order valence-electron chi connectivity index (χ3n) is 7.13. The first kappa shape index (κ1) is 21.8. The molecule has 33 heavy (non-hydrogen) atoms. The van der Waals surface area contributed by atoms with Crippen LogP contribution in [0, 0.1) is 11.3 Å².